The minimum atomic E-state index is 0.462. The van der Waals surface area contributed by atoms with Crippen LogP contribution in [0.3, 0.4) is 0 Å². The van der Waals surface area contributed by atoms with E-state index in [1.165, 1.54) is 0 Å². The molecule has 0 spiro atoms. The highest BCUT2D eigenvalue weighted by molar-refractivity contribution is 9.08. The van der Waals surface area contributed by atoms with Gasteiger partial charge < -0.3 is 9.47 Å². The number of hydrogen-bond donors (Lipinski definition) is 0. The Labute approximate surface area is 134 Å². The number of rotatable bonds is 7. The lowest BCUT2D eigenvalue weighted by Gasteiger charge is -2.13. The summed E-state index contributed by atoms with van der Waals surface area (Å²) >= 11 is 3.49. The average Bonchev–Trinajstić information content (AvgIpc) is 2.52. The van der Waals surface area contributed by atoms with E-state index >= 15 is 0 Å². The Hall–Kier alpha value is -1.55. The summed E-state index contributed by atoms with van der Waals surface area (Å²) in [5, 5.41) is 0.748. The van der Waals surface area contributed by atoms with E-state index in [1.54, 1.807) is 6.20 Å². The quantitative estimate of drug-likeness (QED) is 0.681. The molecule has 2 rings (SSSR count). The Morgan fingerprint density at radius 2 is 2.05 bits per heavy atom. The smallest absolute Gasteiger partial charge is 0.130 e. The molecule has 0 atom stereocenters. The number of aromatic nitrogens is 1. The summed E-state index contributed by atoms with van der Waals surface area (Å²) in [6, 6.07) is 9.93. The Kier molecular flexibility index (Phi) is 6.05. The van der Waals surface area contributed by atoms with Gasteiger partial charge in [0.1, 0.15) is 18.1 Å². The predicted molar refractivity (Wildman–Crippen MR) is 88.2 cm³/mol. The van der Waals surface area contributed by atoms with E-state index in [2.05, 4.69) is 27.8 Å². The summed E-state index contributed by atoms with van der Waals surface area (Å²) in [4.78, 5) is 4.35. The second-order valence-corrected chi connectivity index (χ2v) is 5.37. The topological polar surface area (TPSA) is 31.4 Å². The molecule has 0 saturated heterocycles. The molecule has 1 aromatic carbocycles. The Morgan fingerprint density at radius 3 is 2.76 bits per heavy atom. The summed E-state index contributed by atoms with van der Waals surface area (Å²) in [7, 11) is 0. The summed E-state index contributed by atoms with van der Waals surface area (Å²) in [5.74, 6) is 1.68. The van der Waals surface area contributed by atoms with Crippen molar-refractivity contribution >= 4 is 15.9 Å². The molecule has 4 heteroatoms. The van der Waals surface area contributed by atoms with Crippen molar-refractivity contribution in [3.05, 3.63) is 53.3 Å². The highest BCUT2D eigenvalue weighted by Crippen LogP contribution is 2.27. The van der Waals surface area contributed by atoms with E-state index in [1.807, 2.05) is 37.3 Å². The van der Waals surface area contributed by atoms with E-state index in [0.717, 1.165) is 40.1 Å². The molecular weight excluding hydrogens is 330 g/mol. The van der Waals surface area contributed by atoms with Gasteiger partial charge in [-0.15, -0.1) is 0 Å². The molecule has 0 fully saturated rings. The van der Waals surface area contributed by atoms with E-state index in [-0.39, 0.29) is 0 Å². The molecule has 2 aromatic rings. The fourth-order valence-electron chi connectivity index (χ4n) is 1.90. The number of nitrogens with zero attached hydrogens (tertiary/aromatic N) is 1. The Bertz CT molecular complexity index is 587. The summed E-state index contributed by atoms with van der Waals surface area (Å²) in [6.07, 6.45) is 2.78. The molecular formula is C17H20BrNO2. The van der Waals surface area contributed by atoms with Crippen LogP contribution in [0.25, 0.3) is 0 Å². The summed E-state index contributed by atoms with van der Waals surface area (Å²) < 4.78 is 11.6. The minimum Gasteiger partial charge on any atom is -0.493 e. The Balaban J connectivity index is 2.12. The molecule has 0 unspecified atom stereocenters. The largest absolute Gasteiger partial charge is 0.493 e. The van der Waals surface area contributed by atoms with E-state index in [4.69, 9.17) is 9.47 Å². The second kappa shape index (κ2) is 8.03. The number of aryl methyl sites for hydroxylation is 1. The molecule has 0 aliphatic carbocycles. The van der Waals surface area contributed by atoms with Crippen LogP contribution in [0.4, 0.5) is 0 Å². The van der Waals surface area contributed by atoms with Gasteiger partial charge in [0, 0.05) is 23.2 Å². The first-order valence-corrected chi connectivity index (χ1v) is 8.21. The van der Waals surface area contributed by atoms with Crippen molar-refractivity contribution in [2.45, 2.75) is 32.2 Å². The maximum Gasteiger partial charge on any atom is 0.130 e. The first kappa shape index (κ1) is 15.8. The predicted octanol–water partition coefficient (Wildman–Crippen LogP) is 4.65. The van der Waals surface area contributed by atoms with Gasteiger partial charge in [0.2, 0.25) is 0 Å². The molecule has 3 nitrogen and oxygen atoms in total. The first-order chi connectivity index (χ1) is 10.2. The third-order valence-corrected chi connectivity index (χ3v) is 3.74. The molecule has 0 radical (unpaired) electrons. The van der Waals surface area contributed by atoms with Gasteiger partial charge in [-0.25, -0.2) is 0 Å². The monoisotopic (exact) mass is 349 g/mol. The van der Waals surface area contributed by atoms with Gasteiger partial charge >= 0.3 is 0 Å². The van der Waals surface area contributed by atoms with Crippen molar-refractivity contribution in [1.29, 1.82) is 0 Å². The number of pyridine rings is 1. The van der Waals surface area contributed by atoms with E-state index < -0.39 is 0 Å². The third kappa shape index (κ3) is 4.46. The van der Waals surface area contributed by atoms with Crippen LogP contribution in [0.5, 0.6) is 11.5 Å². The molecule has 21 heavy (non-hydrogen) atoms. The molecule has 0 bridgehead atoms. The van der Waals surface area contributed by atoms with Crippen molar-refractivity contribution in [2.75, 3.05) is 6.61 Å². The summed E-state index contributed by atoms with van der Waals surface area (Å²) in [5.41, 5.74) is 3.20. The van der Waals surface area contributed by atoms with Gasteiger partial charge in [-0.3, -0.25) is 4.98 Å². The number of benzene rings is 1. The van der Waals surface area contributed by atoms with Crippen LogP contribution in [0.1, 0.15) is 30.2 Å². The molecule has 0 aliphatic rings. The Morgan fingerprint density at radius 1 is 1.19 bits per heavy atom. The number of halogens is 1. The van der Waals surface area contributed by atoms with Crippen LogP contribution in [-0.2, 0) is 11.9 Å². The van der Waals surface area contributed by atoms with Crippen LogP contribution >= 0.6 is 15.9 Å². The van der Waals surface area contributed by atoms with Gasteiger partial charge in [0.25, 0.3) is 0 Å². The lowest BCUT2D eigenvalue weighted by atomic mass is 10.2. The molecule has 1 aromatic heterocycles. The fourth-order valence-corrected chi connectivity index (χ4v) is 2.37. The van der Waals surface area contributed by atoms with Crippen LogP contribution < -0.4 is 9.47 Å². The lowest BCUT2D eigenvalue weighted by molar-refractivity contribution is 0.289. The van der Waals surface area contributed by atoms with Crippen LogP contribution in [0, 0.1) is 6.92 Å². The zero-order valence-electron chi connectivity index (χ0n) is 12.4. The van der Waals surface area contributed by atoms with Gasteiger partial charge in [0.15, 0.2) is 0 Å². The first-order valence-electron chi connectivity index (χ1n) is 7.09. The molecule has 0 aliphatic heterocycles. The van der Waals surface area contributed by atoms with E-state index in [0.29, 0.717) is 13.2 Å². The van der Waals surface area contributed by atoms with Crippen molar-refractivity contribution in [3.8, 4) is 11.5 Å². The SMILES string of the molecule is CCCOc1ccc(CBr)c(OCc2ncccc2C)c1. The minimum absolute atomic E-state index is 0.462. The third-order valence-electron chi connectivity index (χ3n) is 3.14. The highest BCUT2D eigenvalue weighted by Gasteiger charge is 2.07. The second-order valence-electron chi connectivity index (χ2n) is 4.81. The van der Waals surface area contributed by atoms with Crippen LogP contribution in [-0.4, -0.2) is 11.6 Å². The maximum absolute atomic E-state index is 5.94. The molecule has 0 amide bonds. The number of hydrogen-bond acceptors (Lipinski definition) is 3. The summed E-state index contributed by atoms with van der Waals surface area (Å²) in [6.45, 7) is 5.31. The van der Waals surface area contributed by atoms with Crippen LogP contribution in [0.2, 0.25) is 0 Å². The van der Waals surface area contributed by atoms with Crippen LogP contribution in [0.15, 0.2) is 36.5 Å². The maximum atomic E-state index is 5.94. The van der Waals surface area contributed by atoms with Crippen molar-refractivity contribution in [1.82, 2.24) is 4.98 Å². The zero-order chi connectivity index (χ0) is 15.1. The van der Waals surface area contributed by atoms with Gasteiger partial charge in [0.05, 0.1) is 12.3 Å². The zero-order valence-corrected chi connectivity index (χ0v) is 14.0. The van der Waals surface area contributed by atoms with Crippen molar-refractivity contribution < 1.29 is 9.47 Å². The van der Waals surface area contributed by atoms with Gasteiger partial charge in [-0.2, -0.15) is 0 Å². The number of alkyl halides is 1. The van der Waals surface area contributed by atoms with Gasteiger partial charge in [-0.1, -0.05) is 35.0 Å². The lowest BCUT2D eigenvalue weighted by Crippen LogP contribution is -2.03. The standard InChI is InChI=1S/C17H20BrNO2/c1-3-9-20-15-7-6-14(11-18)17(10-15)21-12-16-13(2)5-4-8-19-16/h4-8,10H,3,9,11-12H2,1-2H3. The van der Waals surface area contributed by atoms with Gasteiger partial charge in [-0.05, 0) is 31.0 Å². The van der Waals surface area contributed by atoms with Crippen molar-refractivity contribution in [2.24, 2.45) is 0 Å². The average molecular weight is 350 g/mol. The highest BCUT2D eigenvalue weighted by atomic mass is 79.9. The fraction of sp³-hybridized carbons (Fsp3) is 0.353. The number of ether oxygens (including phenoxy) is 2. The molecule has 0 N–H and O–H groups in total. The molecule has 0 saturated carbocycles. The van der Waals surface area contributed by atoms with E-state index in [9.17, 15) is 0 Å². The molecule has 112 valence electrons. The normalized spacial score (nSPS) is 10.4. The molecule has 1 heterocycles. The van der Waals surface area contributed by atoms with Crippen molar-refractivity contribution in [3.63, 3.8) is 0 Å².